The van der Waals surface area contributed by atoms with Crippen LogP contribution in [0.1, 0.15) is 13.9 Å². The van der Waals surface area contributed by atoms with E-state index in [0.29, 0.717) is 6.29 Å². The number of alkyl halides is 2. The third kappa shape index (κ3) is 3.93. The van der Waals surface area contributed by atoms with Crippen LogP contribution in [-0.2, 0) is 11.2 Å². The lowest BCUT2D eigenvalue weighted by atomic mass is 10.1. The number of nitrogens with one attached hydrogen (secondary N) is 1. The molecule has 0 unspecified atom stereocenters. The SMILES string of the molecule is CC(F)(F)CNc1ccc(Cl)c(CC=O)c1F.[HH]. The molecule has 1 N–H and O–H groups in total. The molecule has 0 radical (unpaired) electrons. The Morgan fingerprint density at radius 1 is 1.53 bits per heavy atom. The summed E-state index contributed by atoms with van der Waals surface area (Å²) in [6, 6.07) is 2.62. The van der Waals surface area contributed by atoms with Crippen LogP contribution in [0.5, 0.6) is 0 Å². The minimum atomic E-state index is -2.95. The Morgan fingerprint density at radius 2 is 2.18 bits per heavy atom. The number of anilines is 1. The first-order valence-electron chi connectivity index (χ1n) is 4.87. The molecule has 1 aromatic rings. The minimum absolute atomic E-state index is 0. The summed E-state index contributed by atoms with van der Waals surface area (Å²) in [4.78, 5) is 10.3. The van der Waals surface area contributed by atoms with Crippen molar-refractivity contribution in [2.75, 3.05) is 11.9 Å². The Hall–Kier alpha value is -1.23. The maximum atomic E-state index is 13.7. The van der Waals surface area contributed by atoms with E-state index in [0.717, 1.165) is 6.92 Å². The number of rotatable bonds is 5. The molecular weight excluding hydrogens is 255 g/mol. The molecule has 0 atom stereocenters. The van der Waals surface area contributed by atoms with Crippen molar-refractivity contribution >= 4 is 23.6 Å². The fourth-order valence-electron chi connectivity index (χ4n) is 1.26. The third-order valence-electron chi connectivity index (χ3n) is 2.06. The summed E-state index contributed by atoms with van der Waals surface area (Å²) >= 11 is 5.70. The predicted molar refractivity (Wildman–Crippen MR) is 62.4 cm³/mol. The predicted octanol–water partition coefficient (Wildman–Crippen LogP) is 3.53. The van der Waals surface area contributed by atoms with Gasteiger partial charge in [0.25, 0.3) is 5.92 Å². The molecule has 2 nitrogen and oxygen atoms in total. The van der Waals surface area contributed by atoms with E-state index in [1.807, 2.05) is 0 Å². The molecule has 0 aromatic heterocycles. The maximum absolute atomic E-state index is 13.7. The largest absolute Gasteiger partial charge is 0.377 e. The van der Waals surface area contributed by atoms with Crippen molar-refractivity contribution in [2.24, 2.45) is 0 Å². The molecule has 0 aliphatic heterocycles. The number of carbonyl (C=O) groups is 1. The third-order valence-corrected chi connectivity index (χ3v) is 2.42. The van der Waals surface area contributed by atoms with Gasteiger partial charge < -0.3 is 10.1 Å². The van der Waals surface area contributed by atoms with E-state index < -0.39 is 18.3 Å². The summed E-state index contributed by atoms with van der Waals surface area (Å²) in [7, 11) is 0. The Labute approximate surface area is 103 Å². The van der Waals surface area contributed by atoms with Gasteiger partial charge in [-0.2, -0.15) is 0 Å². The number of benzene rings is 1. The van der Waals surface area contributed by atoms with Crippen molar-refractivity contribution in [3.63, 3.8) is 0 Å². The monoisotopic (exact) mass is 267 g/mol. The van der Waals surface area contributed by atoms with Gasteiger partial charge in [0, 0.05) is 25.4 Å². The molecule has 0 heterocycles. The van der Waals surface area contributed by atoms with Crippen LogP contribution >= 0.6 is 11.6 Å². The second-order valence-electron chi connectivity index (χ2n) is 3.68. The van der Waals surface area contributed by atoms with E-state index in [2.05, 4.69) is 5.32 Å². The number of hydrogen-bond acceptors (Lipinski definition) is 2. The van der Waals surface area contributed by atoms with Crippen molar-refractivity contribution in [1.82, 2.24) is 0 Å². The van der Waals surface area contributed by atoms with Crippen LogP contribution < -0.4 is 5.32 Å². The highest BCUT2D eigenvalue weighted by Gasteiger charge is 2.21. The van der Waals surface area contributed by atoms with Crippen LogP contribution in [0.15, 0.2) is 12.1 Å². The molecule has 0 fully saturated rings. The smallest absolute Gasteiger partial charge is 0.262 e. The van der Waals surface area contributed by atoms with E-state index in [1.54, 1.807) is 0 Å². The van der Waals surface area contributed by atoms with Gasteiger partial charge in [0.05, 0.1) is 12.2 Å². The number of carbonyl (C=O) groups excluding carboxylic acids is 1. The van der Waals surface area contributed by atoms with Crippen LogP contribution in [0.2, 0.25) is 5.02 Å². The van der Waals surface area contributed by atoms with Gasteiger partial charge in [-0.1, -0.05) is 11.6 Å². The van der Waals surface area contributed by atoms with Gasteiger partial charge in [0.2, 0.25) is 0 Å². The molecule has 0 saturated heterocycles. The molecule has 0 aliphatic rings. The van der Waals surface area contributed by atoms with Crippen LogP contribution in [-0.4, -0.2) is 18.8 Å². The molecule has 0 spiro atoms. The first-order chi connectivity index (χ1) is 7.85. The van der Waals surface area contributed by atoms with Crippen LogP contribution in [0.4, 0.5) is 18.9 Å². The zero-order chi connectivity index (χ0) is 13.1. The van der Waals surface area contributed by atoms with Gasteiger partial charge in [0.15, 0.2) is 5.82 Å². The Balaban J connectivity index is 0.00000289. The quantitative estimate of drug-likeness (QED) is 0.827. The molecular formula is C11H13ClF3NO. The van der Waals surface area contributed by atoms with Crippen LogP contribution in [0.3, 0.4) is 0 Å². The summed E-state index contributed by atoms with van der Waals surface area (Å²) in [5, 5.41) is 2.38. The first kappa shape index (κ1) is 13.8. The van der Waals surface area contributed by atoms with Gasteiger partial charge >= 0.3 is 0 Å². The summed E-state index contributed by atoms with van der Waals surface area (Å²) in [5.41, 5.74) is -0.0844. The van der Waals surface area contributed by atoms with Gasteiger partial charge in [-0.25, -0.2) is 13.2 Å². The zero-order valence-corrected chi connectivity index (χ0v) is 9.82. The molecule has 17 heavy (non-hydrogen) atoms. The van der Waals surface area contributed by atoms with Gasteiger partial charge in [0.1, 0.15) is 6.29 Å². The highest BCUT2D eigenvalue weighted by molar-refractivity contribution is 6.31. The number of aldehydes is 1. The van der Waals surface area contributed by atoms with E-state index in [9.17, 15) is 18.0 Å². The standard InChI is InChI=1S/C11H11ClF3NO.H2/c1-11(14,15)6-16-9-3-2-8(12)7(4-5-17)10(9)13;/h2-3,5,16H,4,6H2,1H3;1H. The van der Waals surface area contributed by atoms with Gasteiger partial charge in [-0.3, -0.25) is 0 Å². The van der Waals surface area contributed by atoms with E-state index >= 15 is 0 Å². The molecule has 1 rings (SSSR count). The molecule has 6 heteroatoms. The van der Waals surface area contributed by atoms with Crippen LogP contribution in [0, 0.1) is 5.82 Å². The highest BCUT2D eigenvalue weighted by atomic mass is 35.5. The number of hydrogen-bond donors (Lipinski definition) is 1. The molecule has 0 saturated carbocycles. The second kappa shape index (κ2) is 5.40. The molecule has 0 amide bonds. The van der Waals surface area contributed by atoms with E-state index in [4.69, 9.17) is 11.6 Å². The summed E-state index contributed by atoms with van der Waals surface area (Å²) in [6.07, 6.45) is 0.311. The Kier molecular flexibility index (Phi) is 4.40. The molecule has 0 aliphatic carbocycles. The number of halogens is 4. The molecule has 96 valence electrons. The maximum Gasteiger partial charge on any atom is 0.262 e. The summed E-state index contributed by atoms with van der Waals surface area (Å²) in [6.45, 7) is 0.0340. The van der Waals surface area contributed by atoms with Crippen LogP contribution in [0.25, 0.3) is 0 Å². The van der Waals surface area contributed by atoms with Gasteiger partial charge in [-0.05, 0) is 12.1 Å². The average molecular weight is 268 g/mol. The van der Waals surface area contributed by atoms with E-state index in [-0.39, 0.29) is 24.1 Å². The van der Waals surface area contributed by atoms with Crippen molar-refractivity contribution in [1.29, 1.82) is 0 Å². The van der Waals surface area contributed by atoms with Crippen molar-refractivity contribution in [2.45, 2.75) is 19.3 Å². The fourth-order valence-corrected chi connectivity index (χ4v) is 1.48. The Morgan fingerprint density at radius 3 is 2.71 bits per heavy atom. The summed E-state index contributed by atoms with van der Waals surface area (Å²) < 4.78 is 38.9. The van der Waals surface area contributed by atoms with E-state index in [1.165, 1.54) is 12.1 Å². The topological polar surface area (TPSA) is 29.1 Å². The highest BCUT2D eigenvalue weighted by Crippen LogP contribution is 2.26. The van der Waals surface area contributed by atoms with Gasteiger partial charge in [-0.15, -0.1) is 0 Å². The lowest BCUT2D eigenvalue weighted by molar-refractivity contribution is -0.107. The zero-order valence-electron chi connectivity index (χ0n) is 9.07. The lowest BCUT2D eigenvalue weighted by Gasteiger charge is -2.14. The average Bonchev–Trinajstić information content (AvgIpc) is 2.22. The minimum Gasteiger partial charge on any atom is -0.377 e. The molecule has 1 aromatic carbocycles. The second-order valence-corrected chi connectivity index (χ2v) is 4.09. The van der Waals surface area contributed by atoms with Crippen molar-refractivity contribution < 1.29 is 19.4 Å². The Bertz CT molecular complexity index is 423. The van der Waals surface area contributed by atoms with Crippen molar-refractivity contribution in [3.05, 3.63) is 28.5 Å². The summed E-state index contributed by atoms with van der Waals surface area (Å²) in [5.74, 6) is -3.72. The fraction of sp³-hybridized carbons (Fsp3) is 0.364. The lowest BCUT2D eigenvalue weighted by Crippen LogP contribution is -2.23. The normalized spacial score (nSPS) is 11.4. The first-order valence-corrected chi connectivity index (χ1v) is 5.25. The van der Waals surface area contributed by atoms with Crippen molar-refractivity contribution in [3.8, 4) is 0 Å². The molecule has 0 bridgehead atoms.